The summed E-state index contributed by atoms with van der Waals surface area (Å²) in [5, 5.41) is 3.30. The number of hydrogen-bond donors (Lipinski definition) is 1. The maximum Gasteiger partial charge on any atom is 0.141 e. The number of nitrogens with zero attached hydrogens (tertiary/aromatic N) is 2. The molecule has 1 aromatic carbocycles. The molecule has 98 valence electrons. The number of benzene rings is 1. The number of hydrogen-bond acceptors (Lipinski definition) is 3. The Bertz CT molecular complexity index is 557. The van der Waals surface area contributed by atoms with Gasteiger partial charge in [-0.2, -0.15) is 0 Å². The van der Waals surface area contributed by atoms with Crippen LogP contribution < -0.4 is 5.32 Å². The Balaban J connectivity index is 2.55. The van der Waals surface area contributed by atoms with Gasteiger partial charge in [0.25, 0.3) is 0 Å². The topological polar surface area (TPSA) is 39.1 Å². The monoisotopic (exact) mass is 247 g/mol. The molecule has 1 aromatic heterocycles. The van der Waals surface area contributed by atoms with Gasteiger partial charge in [0.15, 0.2) is 0 Å². The molecular formula is C14H21N3O. The lowest BCUT2D eigenvalue weighted by Gasteiger charge is -2.22. The molecule has 0 spiro atoms. The molecule has 0 aliphatic carbocycles. The van der Waals surface area contributed by atoms with E-state index in [4.69, 9.17) is 9.72 Å². The summed E-state index contributed by atoms with van der Waals surface area (Å²) in [5.74, 6) is 0.939. The van der Waals surface area contributed by atoms with Crippen molar-refractivity contribution >= 4 is 16.7 Å². The van der Waals surface area contributed by atoms with Gasteiger partial charge in [-0.3, -0.25) is 0 Å². The summed E-state index contributed by atoms with van der Waals surface area (Å²) >= 11 is 0. The number of nitrogens with one attached hydrogen (secondary N) is 1. The SMILES string of the molecule is CCNc1ccc2c(c1)nc(C(C)(C)OC)n2C. The van der Waals surface area contributed by atoms with Crippen molar-refractivity contribution in [3.8, 4) is 0 Å². The first kappa shape index (κ1) is 12.9. The van der Waals surface area contributed by atoms with Crippen molar-refractivity contribution in [1.29, 1.82) is 0 Å². The van der Waals surface area contributed by atoms with Crippen LogP contribution in [0.1, 0.15) is 26.6 Å². The zero-order chi connectivity index (χ0) is 13.3. The number of aromatic nitrogens is 2. The van der Waals surface area contributed by atoms with Crippen LogP contribution in [0.3, 0.4) is 0 Å². The molecule has 0 aliphatic heterocycles. The van der Waals surface area contributed by atoms with E-state index in [0.717, 1.165) is 29.1 Å². The largest absolute Gasteiger partial charge is 0.385 e. The molecule has 0 atom stereocenters. The van der Waals surface area contributed by atoms with E-state index >= 15 is 0 Å². The highest BCUT2D eigenvalue weighted by Gasteiger charge is 2.26. The van der Waals surface area contributed by atoms with Crippen molar-refractivity contribution in [2.75, 3.05) is 19.0 Å². The molecule has 0 saturated carbocycles. The van der Waals surface area contributed by atoms with Gasteiger partial charge < -0.3 is 14.6 Å². The summed E-state index contributed by atoms with van der Waals surface area (Å²) in [5.41, 5.74) is 2.84. The Morgan fingerprint density at radius 2 is 2.11 bits per heavy atom. The van der Waals surface area contributed by atoms with Gasteiger partial charge in [0, 0.05) is 26.4 Å². The van der Waals surface area contributed by atoms with Gasteiger partial charge in [-0.15, -0.1) is 0 Å². The second kappa shape index (κ2) is 4.61. The van der Waals surface area contributed by atoms with Crippen LogP contribution in [-0.2, 0) is 17.4 Å². The van der Waals surface area contributed by atoms with Crippen molar-refractivity contribution in [2.45, 2.75) is 26.4 Å². The molecule has 1 heterocycles. The molecule has 0 bridgehead atoms. The van der Waals surface area contributed by atoms with E-state index in [-0.39, 0.29) is 5.60 Å². The average molecular weight is 247 g/mol. The highest BCUT2D eigenvalue weighted by atomic mass is 16.5. The minimum absolute atomic E-state index is 0.383. The molecule has 18 heavy (non-hydrogen) atoms. The number of anilines is 1. The van der Waals surface area contributed by atoms with Gasteiger partial charge in [-0.25, -0.2) is 4.98 Å². The lowest BCUT2D eigenvalue weighted by Crippen LogP contribution is -2.23. The fourth-order valence-electron chi connectivity index (χ4n) is 2.14. The van der Waals surface area contributed by atoms with Gasteiger partial charge in [-0.1, -0.05) is 0 Å². The quantitative estimate of drug-likeness (QED) is 0.903. The van der Waals surface area contributed by atoms with Crippen LogP contribution in [0, 0.1) is 0 Å². The molecule has 2 rings (SSSR count). The van der Waals surface area contributed by atoms with Gasteiger partial charge in [0.2, 0.25) is 0 Å². The summed E-state index contributed by atoms with van der Waals surface area (Å²) in [4.78, 5) is 4.70. The molecule has 4 nitrogen and oxygen atoms in total. The van der Waals surface area contributed by atoms with Crippen LogP contribution >= 0.6 is 0 Å². The molecule has 0 fully saturated rings. The van der Waals surface area contributed by atoms with E-state index in [1.54, 1.807) is 7.11 Å². The molecular weight excluding hydrogens is 226 g/mol. The summed E-state index contributed by atoms with van der Waals surface area (Å²) < 4.78 is 7.60. The van der Waals surface area contributed by atoms with Crippen LogP contribution in [-0.4, -0.2) is 23.2 Å². The Hall–Kier alpha value is -1.55. The summed E-state index contributed by atoms with van der Waals surface area (Å²) in [6.45, 7) is 7.05. The molecule has 0 saturated heterocycles. The van der Waals surface area contributed by atoms with Crippen LogP contribution in [0.15, 0.2) is 18.2 Å². The minimum Gasteiger partial charge on any atom is -0.385 e. The zero-order valence-corrected chi connectivity index (χ0v) is 11.7. The summed E-state index contributed by atoms with van der Waals surface area (Å²) in [6.07, 6.45) is 0. The first-order valence-corrected chi connectivity index (χ1v) is 6.25. The molecule has 0 radical (unpaired) electrons. The normalized spacial score (nSPS) is 12.1. The first-order valence-electron chi connectivity index (χ1n) is 6.25. The molecule has 1 N–H and O–H groups in total. The lowest BCUT2D eigenvalue weighted by atomic mass is 10.1. The standard InChI is InChI=1S/C14H21N3O/c1-6-15-10-7-8-12-11(9-10)16-13(17(12)4)14(2,3)18-5/h7-9,15H,6H2,1-5H3. The average Bonchev–Trinajstić information content (AvgIpc) is 2.68. The smallest absolute Gasteiger partial charge is 0.141 e. The van der Waals surface area contributed by atoms with Crippen molar-refractivity contribution in [3.05, 3.63) is 24.0 Å². The molecule has 2 aromatic rings. The Labute approximate surface area is 108 Å². The number of ether oxygens (including phenoxy) is 1. The van der Waals surface area contributed by atoms with E-state index in [1.807, 2.05) is 20.9 Å². The first-order chi connectivity index (χ1) is 8.49. The second-order valence-corrected chi connectivity index (χ2v) is 4.94. The van der Waals surface area contributed by atoms with E-state index in [2.05, 4.69) is 35.0 Å². The minimum atomic E-state index is -0.383. The lowest BCUT2D eigenvalue weighted by molar-refractivity contribution is 0.00967. The van der Waals surface area contributed by atoms with Crippen molar-refractivity contribution in [1.82, 2.24) is 9.55 Å². The Kier molecular flexibility index (Phi) is 3.30. The van der Waals surface area contributed by atoms with Crippen LogP contribution in [0.25, 0.3) is 11.0 Å². The van der Waals surface area contributed by atoms with Gasteiger partial charge in [0.05, 0.1) is 11.0 Å². The highest BCUT2D eigenvalue weighted by molar-refractivity contribution is 5.80. The number of fused-ring (bicyclic) bond motifs is 1. The van der Waals surface area contributed by atoms with Gasteiger partial charge in [-0.05, 0) is 39.0 Å². The van der Waals surface area contributed by atoms with Crippen LogP contribution in [0.5, 0.6) is 0 Å². The molecule has 4 heteroatoms. The van der Waals surface area contributed by atoms with Crippen molar-refractivity contribution in [3.63, 3.8) is 0 Å². The van der Waals surface area contributed by atoms with Crippen LogP contribution in [0.4, 0.5) is 5.69 Å². The van der Waals surface area contributed by atoms with E-state index in [1.165, 1.54) is 0 Å². The number of methoxy groups -OCH3 is 1. The van der Waals surface area contributed by atoms with Crippen molar-refractivity contribution in [2.24, 2.45) is 7.05 Å². The van der Waals surface area contributed by atoms with Gasteiger partial charge in [0.1, 0.15) is 11.4 Å². The summed E-state index contributed by atoms with van der Waals surface area (Å²) in [7, 11) is 3.74. The zero-order valence-electron chi connectivity index (χ0n) is 11.7. The number of imidazole rings is 1. The highest BCUT2D eigenvalue weighted by Crippen LogP contribution is 2.27. The third-order valence-corrected chi connectivity index (χ3v) is 3.31. The predicted octanol–water partition coefficient (Wildman–Crippen LogP) is 2.89. The fourth-order valence-corrected chi connectivity index (χ4v) is 2.14. The van der Waals surface area contributed by atoms with E-state index in [9.17, 15) is 0 Å². The predicted molar refractivity (Wildman–Crippen MR) is 74.9 cm³/mol. The number of rotatable bonds is 4. The van der Waals surface area contributed by atoms with Crippen LogP contribution in [0.2, 0.25) is 0 Å². The fraction of sp³-hybridized carbons (Fsp3) is 0.500. The van der Waals surface area contributed by atoms with Crippen molar-refractivity contribution < 1.29 is 4.74 Å². The Morgan fingerprint density at radius 1 is 1.39 bits per heavy atom. The third kappa shape index (κ3) is 2.08. The Morgan fingerprint density at radius 3 is 2.72 bits per heavy atom. The molecule has 0 unspecified atom stereocenters. The molecule has 0 aliphatic rings. The maximum atomic E-state index is 5.51. The second-order valence-electron chi connectivity index (χ2n) is 4.94. The van der Waals surface area contributed by atoms with E-state index in [0.29, 0.717) is 0 Å². The third-order valence-electron chi connectivity index (χ3n) is 3.31. The van der Waals surface area contributed by atoms with E-state index < -0.39 is 0 Å². The summed E-state index contributed by atoms with van der Waals surface area (Å²) in [6, 6.07) is 6.25. The maximum absolute atomic E-state index is 5.51. The molecule has 0 amide bonds. The van der Waals surface area contributed by atoms with Gasteiger partial charge >= 0.3 is 0 Å². The number of aryl methyl sites for hydroxylation is 1.